The van der Waals surface area contributed by atoms with Gasteiger partial charge in [0, 0.05) is 0 Å². The van der Waals surface area contributed by atoms with Crippen LogP contribution in [0.15, 0.2) is 15.3 Å². The second-order valence-corrected chi connectivity index (χ2v) is 3.24. The largest absolute Gasteiger partial charge is 0.445 e. The van der Waals surface area contributed by atoms with Gasteiger partial charge in [0.15, 0.2) is 0 Å². The molecule has 0 bridgehead atoms. The van der Waals surface area contributed by atoms with Gasteiger partial charge < -0.3 is 9.15 Å². The average molecular weight is 220 g/mol. The van der Waals surface area contributed by atoms with Crippen LogP contribution < -0.4 is 0 Å². The smallest absolute Gasteiger partial charge is 0.221 e. The van der Waals surface area contributed by atoms with E-state index in [0.717, 1.165) is 0 Å². The fourth-order valence-electron chi connectivity index (χ4n) is 0.593. The van der Waals surface area contributed by atoms with Crippen LogP contribution in [0.4, 0.5) is 0 Å². The van der Waals surface area contributed by atoms with Gasteiger partial charge in [0.05, 0.1) is 6.10 Å². The van der Waals surface area contributed by atoms with Crippen molar-refractivity contribution in [1.82, 2.24) is 4.98 Å². The Morgan fingerprint density at radius 3 is 2.91 bits per heavy atom. The predicted octanol–water partition coefficient (Wildman–Crippen LogP) is 2.36. The predicted molar refractivity (Wildman–Crippen MR) is 44.1 cm³/mol. The minimum absolute atomic E-state index is 0.209. The standard InChI is InChI=1S/C7H10BrNO2/c1-5(2)10-4-7-9-6(8)3-11-7/h3,5H,4H2,1-2H3. The van der Waals surface area contributed by atoms with Gasteiger partial charge in [0.25, 0.3) is 0 Å². The highest BCUT2D eigenvalue weighted by Crippen LogP contribution is 2.09. The van der Waals surface area contributed by atoms with E-state index in [-0.39, 0.29) is 6.10 Å². The number of hydrogen-bond donors (Lipinski definition) is 0. The summed E-state index contributed by atoms with van der Waals surface area (Å²) in [5.41, 5.74) is 0. The maximum atomic E-state index is 5.26. The molecule has 0 unspecified atom stereocenters. The number of ether oxygens (including phenoxy) is 1. The zero-order valence-electron chi connectivity index (χ0n) is 6.50. The quantitative estimate of drug-likeness (QED) is 0.784. The summed E-state index contributed by atoms with van der Waals surface area (Å²) >= 11 is 3.18. The van der Waals surface area contributed by atoms with Crippen molar-refractivity contribution >= 4 is 15.9 Å². The Balaban J connectivity index is 2.39. The Morgan fingerprint density at radius 2 is 2.45 bits per heavy atom. The van der Waals surface area contributed by atoms with E-state index in [1.807, 2.05) is 13.8 Å². The molecular weight excluding hydrogens is 210 g/mol. The van der Waals surface area contributed by atoms with Gasteiger partial charge in [-0.3, -0.25) is 0 Å². The Morgan fingerprint density at radius 1 is 1.73 bits per heavy atom. The van der Waals surface area contributed by atoms with E-state index >= 15 is 0 Å². The molecule has 0 aliphatic carbocycles. The molecule has 1 heterocycles. The highest BCUT2D eigenvalue weighted by atomic mass is 79.9. The van der Waals surface area contributed by atoms with Gasteiger partial charge >= 0.3 is 0 Å². The number of nitrogens with zero attached hydrogens (tertiary/aromatic N) is 1. The maximum Gasteiger partial charge on any atom is 0.221 e. The van der Waals surface area contributed by atoms with Crippen molar-refractivity contribution in [2.75, 3.05) is 0 Å². The first-order chi connectivity index (χ1) is 5.18. The fraction of sp³-hybridized carbons (Fsp3) is 0.571. The van der Waals surface area contributed by atoms with Crippen LogP contribution in [0, 0.1) is 0 Å². The zero-order valence-corrected chi connectivity index (χ0v) is 8.09. The Hall–Kier alpha value is -0.350. The van der Waals surface area contributed by atoms with Crippen molar-refractivity contribution in [2.24, 2.45) is 0 Å². The van der Waals surface area contributed by atoms with Crippen molar-refractivity contribution in [1.29, 1.82) is 0 Å². The van der Waals surface area contributed by atoms with Crippen LogP contribution in [0.1, 0.15) is 19.7 Å². The van der Waals surface area contributed by atoms with E-state index in [1.165, 1.54) is 0 Å². The van der Waals surface area contributed by atoms with E-state index < -0.39 is 0 Å². The van der Waals surface area contributed by atoms with Crippen molar-refractivity contribution < 1.29 is 9.15 Å². The van der Waals surface area contributed by atoms with Crippen LogP contribution in [0.25, 0.3) is 0 Å². The number of aromatic nitrogens is 1. The molecular formula is C7H10BrNO2. The Kier molecular flexibility index (Phi) is 3.08. The summed E-state index contributed by atoms with van der Waals surface area (Å²) in [6.45, 7) is 4.37. The number of oxazole rings is 1. The lowest BCUT2D eigenvalue weighted by Gasteiger charge is -2.02. The molecule has 3 nitrogen and oxygen atoms in total. The molecule has 0 saturated heterocycles. The summed E-state index contributed by atoms with van der Waals surface area (Å²) in [6, 6.07) is 0. The molecule has 0 amide bonds. The van der Waals surface area contributed by atoms with Gasteiger partial charge in [0.2, 0.25) is 5.89 Å². The van der Waals surface area contributed by atoms with Gasteiger partial charge in [-0.15, -0.1) is 0 Å². The monoisotopic (exact) mass is 219 g/mol. The normalized spacial score (nSPS) is 10.9. The third kappa shape index (κ3) is 3.03. The lowest BCUT2D eigenvalue weighted by atomic mass is 10.5. The molecule has 0 aliphatic rings. The van der Waals surface area contributed by atoms with Crippen molar-refractivity contribution in [3.63, 3.8) is 0 Å². The van der Waals surface area contributed by atoms with Crippen molar-refractivity contribution in [3.05, 3.63) is 16.8 Å². The summed E-state index contributed by atoms with van der Waals surface area (Å²) in [4.78, 5) is 4.01. The summed E-state index contributed by atoms with van der Waals surface area (Å²) in [5, 5.41) is 0. The fourth-order valence-corrected chi connectivity index (χ4v) is 0.884. The highest BCUT2D eigenvalue weighted by molar-refractivity contribution is 9.10. The second kappa shape index (κ2) is 3.88. The van der Waals surface area contributed by atoms with Crippen LogP contribution in [-0.4, -0.2) is 11.1 Å². The van der Waals surface area contributed by atoms with Crippen LogP contribution >= 0.6 is 15.9 Å². The SMILES string of the molecule is CC(C)OCc1nc(Br)co1. The molecule has 11 heavy (non-hydrogen) atoms. The molecule has 0 radical (unpaired) electrons. The lowest BCUT2D eigenvalue weighted by Crippen LogP contribution is -2.02. The van der Waals surface area contributed by atoms with Gasteiger partial charge in [-0.2, -0.15) is 0 Å². The summed E-state index contributed by atoms with van der Waals surface area (Å²) in [5.74, 6) is 0.602. The molecule has 1 aromatic rings. The molecule has 0 spiro atoms. The maximum absolute atomic E-state index is 5.26. The third-order valence-electron chi connectivity index (χ3n) is 1.06. The molecule has 0 aromatic carbocycles. The second-order valence-electron chi connectivity index (χ2n) is 2.42. The molecule has 1 aromatic heterocycles. The van der Waals surface area contributed by atoms with Crippen LogP contribution in [-0.2, 0) is 11.3 Å². The molecule has 62 valence electrons. The molecule has 0 aliphatic heterocycles. The molecule has 0 atom stereocenters. The van der Waals surface area contributed by atoms with E-state index in [4.69, 9.17) is 9.15 Å². The minimum Gasteiger partial charge on any atom is -0.445 e. The van der Waals surface area contributed by atoms with Crippen LogP contribution in [0.2, 0.25) is 0 Å². The summed E-state index contributed by atoms with van der Waals surface area (Å²) in [6.07, 6.45) is 1.75. The highest BCUT2D eigenvalue weighted by Gasteiger charge is 2.01. The van der Waals surface area contributed by atoms with Gasteiger partial charge in [-0.25, -0.2) is 4.98 Å². The summed E-state index contributed by atoms with van der Waals surface area (Å²) < 4.78 is 11.0. The van der Waals surface area contributed by atoms with Crippen molar-refractivity contribution in [3.8, 4) is 0 Å². The third-order valence-corrected chi connectivity index (χ3v) is 1.43. The lowest BCUT2D eigenvalue weighted by molar-refractivity contribution is 0.0517. The van der Waals surface area contributed by atoms with Gasteiger partial charge in [0.1, 0.15) is 17.5 Å². The first-order valence-corrected chi connectivity index (χ1v) is 4.19. The Bertz CT molecular complexity index is 222. The Labute approximate surface area is 73.9 Å². The topological polar surface area (TPSA) is 35.3 Å². The van der Waals surface area contributed by atoms with Crippen LogP contribution in [0.5, 0.6) is 0 Å². The minimum atomic E-state index is 0.209. The number of halogens is 1. The van der Waals surface area contributed by atoms with Crippen molar-refractivity contribution in [2.45, 2.75) is 26.6 Å². The van der Waals surface area contributed by atoms with Crippen LogP contribution in [0.3, 0.4) is 0 Å². The molecule has 0 fully saturated rings. The average Bonchev–Trinajstić information content (AvgIpc) is 2.31. The zero-order chi connectivity index (χ0) is 8.27. The number of hydrogen-bond acceptors (Lipinski definition) is 3. The first kappa shape index (κ1) is 8.74. The summed E-state index contributed by atoms with van der Waals surface area (Å²) in [7, 11) is 0. The van der Waals surface area contributed by atoms with Gasteiger partial charge in [-0.05, 0) is 29.8 Å². The molecule has 4 heteroatoms. The van der Waals surface area contributed by atoms with E-state index in [2.05, 4.69) is 20.9 Å². The van der Waals surface area contributed by atoms with E-state index in [9.17, 15) is 0 Å². The molecule has 1 rings (SSSR count). The van der Waals surface area contributed by atoms with Gasteiger partial charge in [-0.1, -0.05) is 0 Å². The van der Waals surface area contributed by atoms with E-state index in [1.54, 1.807) is 6.26 Å². The number of rotatable bonds is 3. The molecule has 0 saturated carbocycles. The molecule has 0 N–H and O–H groups in total. The van der Waals surface area contributed by atoms with E-state index in [0.29, 0.717) is 17.1 Å². The first-order valence-electron chi connectivity index (χ1n) is 3.40.